The molecule has 2 aromatic carbocycles. The Kier molecular flexibility index (Phi) is 6.30. The van der Waals surface area contributed by atoms with E-state index in [0.29, 0.717) is 23.6 Å². The zero-order chi connectivity index (χ0) is 22.0. The van der Waals surface area contributed by atoms with Crippen LogP contribution in [0.25, 0.3) is 5.57 Å². The topological polar surface area (TPSA) is 84.2 Å². The highest BCUT2D eigenvalue weighted by Gasteiger charge is 2.28. The smallest absolute Gasteiger partial charge is 0.138 e. The lowest BCUT2D eigenvalue weighted by Gasteiger charge is -2.23. The van der Waals surface area contributed by atoms with Crippen LogP contribution >= 0.6 is 0 Å². The third-order valence-electron chi connectivity index (χ3n) is 5.97. The van der Waals surface area contributed by atoms with Gasteiger partial charge in [-0.1, -0.05) is 18.7 Å². The number of phenols is 3. The first-order valence-corrected chi connectivity index (χ1v) is 10.4. The third kappa shape index (κ3) is 4.40. The van der Waals surface area contributed by atoms with Gasteiger partial charge in [-0.3, -0.25) is 0 Å². The number of benzene rings is 2. The molecule has 2 aromatic rings. The van der Waals surface area contributed by atoms with E-state index in [2.05, 4.69) is 6.58 Å². The molecule has 1 unspecified atom stereocenters. The molecule has 1 aliphatic rings. The molecule has 0 amide bonds. The van der Waals surface area contributed by atoms with Crippen molar-refractivity contribution in [2.24, 2.45) is 0 Å². The fraction of sp³-hybridized carbons (Fsp3) is 0.360. The zero-order valence-electron chi connectivity index (χ0n) is 17.9. The third-order valence-corrected chi connectivity index (χ3v) is 5.97. The normalized spacial score (nSPS) is 15.1. The highest BCUT2D eigenvalue weighted by Crippen LogP contribution is 2.47. The van der Waals surface area contributed by atoms with Gasteiger partial charge in [0.1, 0.15) is 17.2 Å². The number of nitrogens with zero attached hydrogens (tertiary/aromatic N) is 1. The maximum atomic E-state index is 10.5. The van der Waals surface area contributed by atoms with Gasteiger partial charge in [0.05, 0.1) is 11.4 Å². The predicted molar refractivity (Wildman–Crippen MR) is 122 cm³/mol. The molecule has 5 nitrogen and oxygen atoms in total. The molecule has 0 heterocycles. The van der Waals surface area contributed by atoms with Crippen LogP contribution in [0.1, 0.15) is 61.6 Å². The molecule has 0 spiro atoms. The van der Waals surface area contributed by atoms with Crippen LogP contribution in [0.4, 0.5) is 5.69 Å². The molecule has 0 aromatic heterocycles. The van der Waals surface area contributed by atoms with E-state index in [1.807, 2.05) is 44.0 Å². The summed E-state index contributed by atoms with van der Waals surface area (Å²) in [7, 11) is 1.90. The SMILES string of the molecule is C=C(O)C(C/C(=C\C)c1cc(C2CC2)c(O)cc1O)c1ccc(O)c(N(C)CC)c1. The lowest BCUT2D eigenvalue weighted by atomic mass is 9.86. The first-order valence-electron chi connectivity index (χ1n) is 10.4. The largest absolute Gasteiger partial charge is 0.512 e. The standard InChI is InChI=1S/C25H31NO4/c1-5-16(20-13-21(17-7-8-17)25(30)14-24(20)29)11-19(15(3)27)18-9-10-23(28)22(12-18)26(4)6-2/h5,9-10,12-14,17,19,27-30H,3,6-8,11H2,1-2,4H3/b16-5+. The summed E-state index contributed by atoms with van der Waals surface area (Å²) < 4.78 is 0. The van der Waals surface area contributed by atoms with Crippen molar-refractivity contribution in [3.05, 3.63) is 65.4 Å². The Labute approximate surface area is 178 Å². The molecule has 0 bridgehead atoms. The number of aliphatic hydroxyl groups excluding tert-OH is 1. The number of hydrogen-bond acceptors (Lipinski definition) is 5. The molecule has 0 saturated heterocycles. The van der Waals surface area contributed by atoms with E-state index in [9.17, 15) is 20.4 Å². The number of rotatable bonds is 8. The van der Waals surface area contributed by atoms with Crippen molar-refractivity contribution in [2.75, 3.05) is 18.5 Å². The Hall–Kier alpha value is -3.08. The van der Waals surface area contributed by atoms with Gasteiger partial charge >= 0.3 is 0 Å². The number of phenolic OH excluding ortho intramolecular Hbond substituents is 3. The van der Waals surface area contributed by atoms with Crippen molar-refractivity contribution in [1.82, 2.24) is 0 Å². The summed E-state index contributed by atoms with van der Waals surface area (Å²) in [6.45, 7) is 8.39. The van der Waals surface area contributed by atoms with Crippen molar-refractivity contribution in [3.8, 4) is 17.2 Å². The quantitative estimate of drug-likeness (QED) is 0.415. The molecule has 3 rings (SSSR count). The molecular weight excluding hydrogens is 378 g/mol. The minimum Gasteiger partial charge on any atom is -0.512 e. The van der Waals surface area contributed by atoms with Crippen LogP contribution in [-0.2, 0) is 0 Å². The maximum absolute atomic E-state index is 10.5. The molecule has 1 saturated carbocycles. The second-order valence-electron chi connectivity index (χ2n) is 8.03. The Morgan fingerprint density at radius 3 is 2.40 bits per heavy atom. The molecule has 0 radical (unpaired) electrons. The second-order valence-corrected chi connectivity index (χ2v) is 8.03. The van der Waals surface area contributed by atoms with Crippen molar-refractivity contribution in [3.63, 3.8) is 0 Å². The Bertz CT molecular complexity index is 975. The van der Waals surface area contributed by atoms with E-state index < -0.39 is 5.92 Å². The molecule has 160 valence electrons. The molecule has 1 atom stereocenters. The van der Waals surface area contributed by atoms with Gasteiger partial charge in [-0.25, -0.2) is 0 Å². The first-order chi connectivity index (χ1) is 14.3. The molecule has 1 aliphatic carbocycles. The second kappa shape index (κ2) is 8.74. The van der Waals surface area contributed by atoms with Crippen LogP contribution in [0.3, 0.4) is 0 Å². The Morgan fingerprint density at radius 1 is 1.13 bits per heavy atom. The molecular formula is C25H31NO4. The Morgan fingerprint density at radius 2 is 1.83 bits per heavy atom. The van der Waals surface area contributed by atoms with Crippen LogP contribution < -0.4 is 4.90 Å². The van der Waals surface area contributed by atoms with Crippen molar-refractivity contribution in [1.29, 1.82) is 0 Å². The predicted octanol–water partition coefficient (Wildman–Crippen LogP) is 5.79. The number of aliphatic hydroxyl groups is 1. The average molecular weight is 410 g/mol. The Balaban J connectivity index is 1.97. The minimum atomic E-state index is -0.404. The van der Waals surface area contributed by atoms with Crippen molar-refractivity contribution in [2.45, 2.75) is 44.9 Å². The van der Waals surface area contributed by atoms with E-state index >= 15 is 0 Å². The number of anilines is 1. The minimum absolute atomic E-state index is 0.0180. The van der Waals surface area contributed by atoms with E-state index in [0.717, 1.165) is 36.1 Å². The van der Waals surface area contributed by atoms with Crippen molar-refractivity contribution >= 4 is 11.3 Å². The summed E-state index contributed by atoms with van der Waals surface area (Å²) in [4.78, 5) is 1.93. The molecule has 1 fully saturated rings. The summed E-state index contributed by atoms with van der Waals surface area (Å²) in [6, 6.07) is 8.55. The monoisotopic (exact) mass is 409 g/mol. The lowest BCUT2D eigenvalue weighted by Crippen LogP contribution is -2.16. The van der Waals surface area contributed by atoms with Crippen LogP contribution in [0.2, 0.25) is 0 Å². The van der Waals surface area contributed by atoms with Gasteiger partial charge in [-0.15, -0.1) is 0 Å². The molecule has 30 heavy (non-hydrogen) atoms. The van der Waals surface area contributed by atoms with Gasteiger partial charge in [0.25, 0.3) is 0 Å². The van der Waals surface area contributed by atoms with Gasteiger partial charge in [0.15, 0.2) is 0 Å². The fourth-order valence-electron chi connectivity index (χ4n) is 3.84. The van der Waals surface area contributed by atoms with Crippen LogP contribution in [0.15, 0.2) is 48.7 Å². The van der Waals surface area contributed by atoms with Crippen LogP contribution in [0, 0.1) is 0 Å². The van der Waals surface area contributed by atoms with Crippen LogP contribution in [0.5, 0.6) is 17.2 Å². The van der Waals surface area contributed by atoms with E-state index in [1.165, 1.54) is 6.07 Å². The van der Waals surface area contributed by atoms with E-state index in [-0.39, 0.29) is 23.0 Å². The van der Waals surface area contributed by atoms with Crippen LogP contribution in [-0.4, -0.2) is 34.0 Å². The van der Waals surface area contributed by atoms with Gasteiger partial charge in [0, 0.05) is 31.1 Å². The van der Waals surface area contributed by atoms with E-state index in [1.54, 1.807) is 12.1 Å². The maximum Gasteiger partial charge on any atom is 0.138 e. The highest BCUT2D eigenvalue weighted by atomic mass is 16.3. The number of hydrogen-bond donors (Lipinski definition) is 4. The molecule has 0 aliphatic heterocycles. The summed E-state index contributed by atoms with van der Waals surface area (Å²) in [5.41, 5.74) is 3.89. The molecule has 5 heteroatoms. The van der Waals surface area contributed by atoms with Crippen molar-refractivity contribution < 1.29 is 20.4 Å². The van der Waals surface area contributed by atoms with Gasteiger partial charge < -0.3 is 25.3 Å². The van der Waals surface area contributed by atoms with E-state index in [4.69, 9.17) is 0 Å². The zero-order valence-corrected chi connectivity index (χ0v) is 17.9. The van der Waals surface area contributed by atoms with Gasteiger partial charge in [-0.05, 0) is 73.9 Å². The molecule has 4 N–H and O–H groups in total. The number of allylic oxidation sites excluding steroid dienone is 3. The van der Waals surface area contributed by atoms with Gasteiger partial charge in [-0.2, -0.15) is 0 Å². The highest BCUT2D eigenvalue weighted by molar-refractivity contribution is 5.73. The average Bonchev–Trinajstić information content (AvgIpc) is 3.54. The summed E-state index contributed by atoms with van der Waals surface area (Å²) in [6.07, 6.45) is 4.42. The van der Waals surface area contributed by atoms with Gasteiger partial charge in [0.2, 0.25) is 0 Å². The fourth-order valence-corrected chi connectivity index (χ4v) is 3.84. The summed E-state index contributed by atoms with van der Waals surface area (Å²) >= 11 is 0. The first kappa shape index (κ1) is 21.6. The lowest BCUT2D eigenvalue weighted by molar-refractivity contribution is 0.371. The summed E-state index contributed by atoms with van der Waals surface area (Å²) in [5.74, 6) is 0.286. The number of aromatic hydroxyl groups is 3. The summed E-state index contributed by atoms with van der Waals surface area (Å²) in [5, 5.41) is 41.3.